The molecule has 4 nitrogen and oxygen atoms in total. The minimum atomic E-state index is -0.506. The van der Waals surface area contributed by atoms with Gasteiger partial charge in [-0.05, 0) is 34.2 Å². The third-order valence-corrected chi connectivity index (χ3v) is 3.64. The largest absolute Gasteiger partial charge is 0.341 e. The molecule has 0 saturated carbocycles. The summed E-state index contributed by atoms with van der Waals surface area (Å²) in [6, 6.07) is 13.9. The summed E-state index contributed by atoms with van der Waals surface area (Å²) in [6.45, 7) is 0.184. The van der Waals surface area contributed by atoms with Gasteiger partial charge in [0.25, 0.3) is 0 Å². The number of hydroxylamine groups is 2. The highest BCUT2D eigenvalue weighted by molar-refractivity contribution is 5.77. The number of carbonyl (C=O) groups excluding carboxylic acids is 1. The summed E-state index contributed by atoms with van der Waals surface area (Å²) < 4.78 is 0. The summed E-state index contributed by atoms with van der Waals surface area (Å²) in [7, 11) is 1.49. The maximum atomic E-state index is 11.3. The maximum Gasteiger partial charge on any atom is 0.341 e. The second kappa shape index (κ2) is 4.98. The van der Waals surface area contributed by atoms with Crippen LogP contribution in [0.3, 0.4) is 0 Å². The smallest absolute Gasteiger partial charge is 0.339 e. The number of nitrogens with zero attached hydrogens (tertiary/aromatic N) is 1. The molecule has 0 aromatic heterocycles. The first-order chi connectivity index (χ1) is 9.69. The Bertz CT molecular complexity index is 667. The Balaban J connectivity index is 1.86. The molecule has 0 fully saturated rings. The molecule has 0 heterocycles. The van der Waals surface area contributed by atoms with Crippen LogP contribution in [-0.4, -0.2) is 23.3 Å². The first-order valence-corrected chi connectivity index (χ1v) is 6.57. The van der Waals surface area contributed by atoms with Crippen molar-refractivity contribution in [3.63, 3.8) is 0 Å². The molecule has 0 aliphatic heterocycles. The number of rotatable bonds is 2. The van der Waals surface area contributed by atoms with Crippen LogP contribution in [0.25, 0.3) is 11.1 Å². The van der Waals surface area contributed by atoms with E-state index in [-0.39, 0.29) is 6.54 Å². The normalized spacial score (nSPS) is 11.7. The molecule has 3 rings (SSSR count). The Labute approximate surface area is 117 Å². The van der Waals surface area contributed by atoms with Gasteiger partial charge in [0.05, 0.1) is 6.54 Å². The van der Waals surface area contributed by atoms with Crippen LogP contribution in [0.4, 0.5) is 4.79 Å². The standard InChI is InChI=1S/C16H16N2O2/c1-17-16(19)18(20)10-11-6-7-15-13(8-11)9-12-4-2-3-5-14(12)15/h2-8,20H,9-10H2,1H3,(H,17,19). The molecule has 1 aliphatic rings. The molecule has 2 aromatic carbocycles. The third-order valence-electron chi connectivity index (χ3n) is 3.64. The van der Waals surface area contributed by atoms with Gasteiger partial charge in [0, 0.05) is 7.05 Å². The van der Waals surface area contributed by atoms with Crippen molar-refractivity contribution in [3.8, 4) is 11.1 Å². The monoisotopic (exact) mass is 268 g/mol. The fourth-order valence-electron chi connectivity index (χ4n) is 2.67. The molecule has 2 N–H and O–H groups in total. The quantitative estimate of drug-likeness (QED) is 0.554. The Morgan fingerprint density at radius 2 is 1.95 bits per heavy atom. The molecule has 0 unspecified atom stereocenters. The molecule has 1 aliphatic carbocycles. The minimum absolute atomic E-state index is 0.184. The van der Waals surface area contributed by atoms with Crippen molar-refractivity contribution < 1.29 is 10.0 Å². The van der Waals surface area contributed by atoms with Crippen LogP contribution in [0.5, 0.6) is 0 Å². The number of nitrogens with one attached hydrogen (secondary N) is 1. The lowest BCUT2D eigenvalue weighted by molar-refractivity contribution is -0.0501. The Morgan fingerprint density at radius 3 is 2.75 bits per heavy atom. The van der Waals surface area contributed by atoms with Gasteiger partial charge in [0.2, 0.25) is 0 Å². The van der Waals surface area contributed by atoms with Crippen molar-refractivity contribution in [2.24, 2.45) is 0 Å². The SMILES string of the molecule is CNC(=O)N(O)Cc1ccc2c(c1)Cc1ccccc1-2. The number of urea groups is 1. The number of benzene rings is 2. The number of fused-ring (bicyclic) bond motifs is 3. The zero-order valence-corrected chi connectivity index (χ0v) is 11.3. The predicted octanol–water partition coefficient (Wildman–Crippen LogP) is 2.79. The highest BCUT2D eigenvalue weighted by Crippen LogP contribution is 2.36. The molecule has 0 saturated heterocycles. The van der Waals surface area contributed by atoms with Crippen LogP contribution in [0, 0.1) is 0 Å². The molecule has 0 spiro atoms. The highest BCUT2D eigenvalue weighted by Gasteiger charge is 2.18. The van der Waals surface area contributed by atoms with Gasteiger partial charge in [-0.1, -0.05) is 42.5 Å². The van der Waals surface area contributed by atoms with Crippen LogP contribution in [0.15, 0.2) is 42.5 Å². The zero-order valence-electron chi connectivity index (χ0n) is 11.3. The maximum absolute atomic E-state index is 11.3. The van der Waals surface area contributed by atoms with Crippen molar-refractivity contribution >= 4 is 6.03 Å². The van der Waals surface area contributed by atoms with Crippen LogP contribution in [-0.2, 0) is 13.0 Å². The summed E-state index contributed by atoms with van der Waals surface area (Å²) in [4.78, 5) is 11.3. The molecule has 0 bridgehead atoms. The topological polar surface area (TPSA) is 52.6 Å². The lowest BCUT2D eigenvalue weighted by Crippen LogP contribution is -2.34. The van der Waals surface area contributed by atoms with E-state index in [1.165, 1.54) is 29.3 Å². The van der Waals surface area contributed by atoms with Crippen molar-refractivity contribution in [1.29, 1.82) is 0 Å². The first-order valence-electron chi connectivity index (χ1n) is 6.57. The van der Waals surface area contributed by atoms with E-state index < -0.39 is 6.03 Å². The summed E-state index contributed by atoms with van der Waals surface area (Å²) in [6.07, 6.45) is 0.907. The summed E-state index contributed by atoms with van der Waals surface area (Å²) in [5.41, 5.74) is 6.01. The van der Waals surface area contributed by atoms with E-state index in [1.807, 2.05) is 18.2 Å². The lowest BCUT2D eigenvalue weighted by atomic mass is 10.0. The van der Waals surface area contributed by atoms with Crippen LogP contribution < -0.4 is 5.32 Å². The van der Waals surface area contributed by atoms with Gasteiger partial charge < -0.3 is 5.32 Å². The van der Waals surface area contributed by atoms with E-state index in [4.69, 9.17) is 0 Å². The minimum Gasteiger partial charge on any atom is -0.339 e. The second-order valence-electron chi connectivity index (χ2n) is 4.94. The third kappa shape index (κ3) is 2.14. The second-order valence-corrected chi connectivity index (χ2v) is 4.94. The van der Waals surface area contributed by atoms with E-state index >= 15 is 0 Å². The van der Waals surface area contributed by atoms with Crippen molar-refractivity contribution in [2.75, 3.05) is 7.05 Å². The molecule has 4 heteroatoms. The van der Waals surface area contributed by atoms with E-state index in [2.05, 4.69) is 29.6 Å². The molecular formula is C16H16N2O2. The van der Waals surface area contributed by atoms with E-state index in [1.54, 1.807) is 0 Å². The molecule has 2 aromatic rings. The van der Waals surface area contributed by atoms with Crippen LogP contribution in [0.2, 0.25) is 0 Å². The van der Waals surface area contributed by atoms with Gasteiger partial charge >= 0.3 is 6.03 Å². The molecule has 0 radical (unpaired) electrons. The Morgan fingerprint density at radius 1 is 1.20 bits per heavy atom. The molecule has 20 heavy (non-hydrogen) atoms. The predicted molar refractivity (Wildman–Crippen MR) is 76.5 cm³/mol. The van der Waals surface area contributed by atoms with Gasteiger partial charge in [-0.15, -0.1) is 0 Å². The molecule has 2 amide bonds. The fourth-order valence-corrected chi connectivity index (χ4v) is 2.67. The lowest BCUT2D eigenvalue weighted by Gasteiger charge is -2.14. The highest BCUT2D eigenvalue weighted by atomic mass is 16.5. The van der Waals surface area contributed by atoms with Crippen LogP contribution >= 0.6 is 0 Å². The zero-order chi connectivity index (χ0) is 14.1. The number of hydrogen-bond donors (Lipinski definition) is 2. The first kappa shape index (κ1) is 12.7. The summed E-state index contributed by atoms with van der Waals surface area (Å²) in [5, 5.41) is 12.7. The number of hydrogen-bond acceptors (Lipinski definition) is 2. The van der Waals surface area contributed by atoms with Gasteiger partial charge in [-0.25, -0.2) is 9.86 Å². The van der Waals surface area contributed by atoms with E-state index in [9.17, 15) is 10.0 Å². The van der Waals surface area contributed by atoms with Crippen molar-refractivity contribution in [3.05, 3.63) is 59.2 Å². The fraction of sp³-hybridized carbons (Fsp3) is 0.188. The Kier molecular flexibility index (Phi) is 3.16. The van der Waals surface area contributed by atoms with E-state index in [0.717, 1.165) is 12.0 Å². The summed E-state index contributed by atoms with van der Waals surface area (Å²) in [5.74, 6) is 0. The van der Waals surface area contributed by atoms with E-state index in [0.29, 0.717) is 5.06 Å². The van der Waals surface area contributed by atoms with Crippen LogP contribution in [0.1, 0.15) is 16.7 Å². The van der Waals surface area contributed by atoms with Gasteiger partial charge in [0.15, 0.2) is 0 Å². The van der Waals surface area contributed by atoms with Gasteiger partial charge in [-0.2, -0.15) is 0 Å². The number of amides is 2. The van der Waals surface area contributed by atoms with Gasteiger partial charge in [0.1, 0.15) is 0 Å². The molecule has 0 atom stereocenters. The molecule has 102 valence electrons. The van der Waals surface area contributed by atoms with Crippen molar-refractivity contribution in [1.82, 2.24) is 10.4 Å². The summed E-state index contributed by atoms with van der Waals surface area (Å²) >= 11 is 0. The Hall–Kier alpha value is -2.33. The molecular weight excluding hydrogens is 252 g/mol. The average Bonchev–Trinajstić information content (AvgIpc) is 2.83. The van der Waals surface area contributed by atoms with Gasteiger partial charge in [-0.3, -0.25) is 5.21 Å². The number of carbonyl (C=O) groups is 1. The van der Waals surface area contributed by atoms with Crippen molar-refractivity contribution in [2.45, 2.75) is 13.0 Å². The average molecular weight is 268 g/mol.